The average molecular weight is 261 g/mol. The van der Waals surface area contributed by atoms with Crippen LogP contribution in [0.2, 0.25) is 0 Å². The first-order chi connectivity index (χ1) is 8.92. The summed E-state index contributed by atoms with van der Waals surface area (Å²) in [6, 6.07) is 5.31. The van der Waals surface area contributed by atoms with Gasteiger partial charge in [-0.25, -0.2) is 0 Å². The summed E-state index contributed by atoms with van der Waals surface area (Å²) in [5.41, 5.74) is 8.30. The molecule has 3 heteroatoms. The van der Waals surface area contributed by atoms with Gasteiger partial charge in [0.2, 0.25) is 0 Å². The third-order valence-electron chi connectivity index (χ3n) is 5.06. The minimum absolute atomic E-state index is 0.357. The van der Waals surface area contributed by atoms with E-state index in [2.05, 4.69) is 42.8 Å². The van der Waals surface area contributed by atoms with Crippen LogP contribution in [-0.4, -0.2) is 29.0 Å². The van der Waals surface area contributed by atoms with Gasteiger partial charge in [-0.3, -0.25) is 4.90 Å². The van der Waals surface area contributed by atoms with E-state index in [1.54, 1.807) is 0 Å². The number of nitrogens with two attached hydrogens (primary N) is 1. The Morgan fingerprint density at radius 3 is 2.84 bits per heavy atom. The van der Waals surface area contributed by atoms with Gasteiger partial charge in [0.25, 0.3) is 0 Å². The lowest BCUT2D eigenvalue weighted by Crippen LogP contribution is -2.39. The highest BCUT2D eigenvalue weighted by atomic mass is 15.2. The fraction of sp³-hybridized carbons (Fsp3) is 0.750. The predicted octanol–water partition coefficient (Wildman–Crippen LogP) is 2.92. The normalized spacial score (nSPS) is 35.5. The van der Waals surface area contributed by atoms with Gasteiger partial charge < -0.3 is 10.7 Å². The van der Waals surface area contributed by atoms with Crippen molar-refractivity contribution in [3.8, 4) is 0 Å². The first-order valence-electron chi connectivity index (χ1n) is 7.52. The van der Waals surface area contributed by atoms with Crippen LogP contribution in [0.25, 0.3) is 0 Å². The highest BCUT2D eigenvalue weighted by Crippen LogP contribution is 2.54. The number of H-pyrrole nitrogens is 1. The molecule has 3 atom stereocenters. The van der Waals surface area contributed by atoms with Gasteiger partial charge in [-0.1, -0.05) is 20.8 Å². The number of fused-ring (bicyclic) bond motifs is 2. The van der Waals surface area contributed by atoms with E-state index in [0.717, 1.165) is 0 Å². The van der Waals surface area contributed by atoms with Crippen molar-refractivity contribution in [3.05, 3.63) is 24.0 Å². The van der Waals surface area contributed by atoms with E-state index in [1.165, 1.54) is 31.5 Å². The summed E-state index contributed by atoms with van der Waals surface area (Å²) in [5, 5.41) is 0. The summed E-state index contributed by atoms with van der Waals surface area (Å²) in [6.07, 6.45) is 5.99. The van der Waals surface area contributed by atoms with E-state index >= 15 is 0 Å². The lowest BCUT2D eigenvalue weighted by molar-refractivity contribution is 0.117. The molecule has 3 rings (SSSR count). The number of hydrogen-bond acceptors (Lipinski definition) is 2. The second-order valence-corrected chi connectivity index (χ2v) is 7.76. The molecule has 2 bridgehead atoms. The number of nitrogens with one attached hydrogen (secondary N) is 1. The smallest absolute Gasteiger partial charge is 0.0624 e. The minimum Gasteiger partial charge on any atom is -0.364 e. The summed E-state index contributed by atoms with van der Waals surface area (Å²) in [4.78, 5) is 6.02. The summed E-state index contributed by atoms with van der Waals surface area (Å²) >= 11 is 0. The van der Waals surface area contributed by atoms with Crippen LogP contribution in [-0.2, 0) is 0 Å². The van der Waals surface area contributed by atoms with Gasteiger partial charge in [0, 0.05) is 31.0 Å². The van der Waals surface area contributed by atoms with Gasteiger partial charge in [0.15, 0.2) is 0 Å². The third-order valence-corrected chi connectivity index (χ3v) is 5.06. The molecule has 0 radical (unpaired) electrons. The Kier molecular flexibility index (Phi) is 3.02. The molecule has 2 fully saturated rings. The van der Waals surface area contributed by atoms with E-state index in [-0.39, 0.29) is 0 Å². The molecule has 2 heterocycles. The van der Waals surface area contributed by atoms with Crippen molar-refractivity contribution in [2.24, 2.45) is 16.6 Å². The largest absolute Gasteiger partial charge is 0.364 e. The summed E-state index contributed by atoms with van der Waals surface area (Å²) in [6.45, 7) is 9.21. The van der Waals surface area contributed by atoms with Gasteiger partial charge in [-0.05, 0) is 42.2 Å². The number of aromatic nitrogens is 1. The Hall–Kier alpha value is -0.800. The lowest BCUT2D eigenvalue weighted by Gasteiger charge is -2.40. The minimum atomic E-state index is 0.357. The molecule has 3 unspecified atom stereocenters. The van der Waals surface area contributed by atoms with E-state index in [1.807, 2.05) is 6.20 Å². The summed E-state index contributed by atoms with van der Waals surface area (Å²) in [5.74, 6) is 0. The summed E-state index contributed by atoms with van der Waals surface area (Å²) in [7, 11) is 0. The molecule has 0 spiro atoms. The van der Waals surface area contributed by atoms with Crippen LogP contribution in [0.1, 0.15) is 51.8 Å². The third kappa shape index (κ3) is 2.34. The molecule has 1 aromatic rings. The van der Waals surface area contributed by atoms with Crippen molar-refractivity contribution in [1.29, 1.82) is 0 Å². The van der Waals surface area contributed by atoms with Crippen LogP contribution in [0.3, 0.4) is 0 Å². The van der Waals surface area contributed by atoms with E-state index in [9.17, 15) is 0 Å². The first-order valence-corrected chi connectivity index (χ1v) is 7.52. The van der Waals surface area contributed by atoms with Gasteiger partial charge >= 0.3 is 0 Å². The Bertz CT molecular complexity index is 437. The van der Waals surface area contributed by atoms with Crippen LogP contribution >= 0.6 is 0 Å². The Balaban J connectivity index is 1.86. The number of likely N-dealkylation sites (tertiary alicyclic amines) is 1. The van der Waals surface area contributed by atoms with Crippen LogP contribution in [0, 0.1) is 10.8 Å². The molecule has 2 aliphatic rings. The highest BCUT2D eigenvalue weighted by Gasteiger charge is 2.51. The van der Waals surface area contributed by atoms with Crippen molar-refractivity contribution < 1.29 is 0 Å². The fourth-order valence-corrected chi connectivity index (χ4v) is 4.86. The highest BCUT2D eigenvalue weighted by molar-refractivity contribution is 5.14. The van der Waals surface area contributed by atoms with Crippen molar-refractivity contribution in [3.63, 3.8) is 0 Å². The standard InChI is InChI=1S/C16H27N3/c1-15(2)7-12-8-16(3,10-15)11-19(12)14(9-17)13-5-4-6-18-13/h4-6,12,14,18H,7-11,17H2,1-3H3. The maximum absolute atomic E-state index is 6.08. The Morgan fingerprint density at radius 1 is 1.42 bits per heavy atom. The zero-order valence-corrected chi connectivity index (χ0v) is 12.4. The van der Waals surface area contributed by atoms with Crippen LogP contribution in [0.15, 0.2) is 18.3 Å². The van der Waals surface area contributed by atoms with Crippen molar-refractivity contribution in [2.45, 2.75) is 52.1 Å². The van der Waals surface area contributed by atoms with Gasteiger partial charge in [0.1, 0.15) is 0 Å². The van der Waals surface area contributed by atoms with E-state index < -0.39 is 0 Å². The maximum atomic E-state index is 6.08. The number of aromatic amines is 1. The van der Waals surface area contributed by atoms with Crippen molar-refractivity contribution in [1.82, 2.24) is 9.88 Å². The molecule has 106 valence electrons. The molecule has 1 saturated carbocycles. The molecular weight excluding hydrogens is 234 g/mol. The Morgan fingerprint density at radius 2 is 2.21 bits per heavy atom. The second-order valence-electron chi connectivity index (χ2n) is 7.76. The number of hydrogen-bond donors (Lipinski definition) is 2. The van der Waals surface area contributed by atoms with Crippen molar-refractivity contribution in [2.75, 3.05) is 13.1 Å². The molecule has 1 saturated heterocycles. The maximum Gasteiger partial charge on any atom is 0.0624 e. The Labute approximate surface area is 116 Å². The quantitative estimate of drug-likeness (QED) is 0.878. The van der Waals surface area contributed by atoms with Gasteiger partial charge in [-0.2, -0.15) is 0 Å². The zero-order valence-electron chi connectivity index (χ0n) is 12.4. The first kappa shape index (κ1) is 13.2. The molecule has 3 nitrogen and oxygen atoms in total. The molecular formula is C16H27N3. The second kappa shape index (κ2) is 4.35. The van der Waals surface area contributed by atoms with E-state index in [4.69, 9.17) is 5.73 Å². The molecule has 1 aromatic heterocycles. The van der Waals surface area contributed by atoms with Gasteiger partial charge in [-0.15, -0.1) is 0 Å². The molecule has 1 aliphatic carbocycles. The molecule has 3 N–H and O–H groups in total. The SMILES string of the molecule is CC1(C)CC2CC(C)(CN2C(CN)c2ccc[nH]2)C1. The molecule has 19 heavy (non-hydrogen) atoms. The summed E-state index contributed by atoms with van der Waals surface area (Å²) < 4.78 is 0. The topological polar surface area (TPSA) is 45.0 Å². The lowest BCUT2D eigenvalue weighted by atomic mass is 9.65. The van der Waals surface area contributed by atoms with Gasteiger partial charge in [0.05, 0.1) is 6.04 Å². The number of rotatable bonds is 3. The molecule has 0 aromatic carbocycles. The molecule has 0 amide bonds. The molecule has 1 aliphatic heterocycles. The van der Waals surface area contributed by atoms with Crippen LogP contribution < -0.4 is 5.73 Å². The van der Waals surface area contributed by atoms with Crippen LogP contribution in [0.5, 0.6) is 0 Å². The number of nitrogens with zero attached hydrogens (tertiary/aromatic N) is 1. The predicted molar refractivity (Wildman–Crippen MR) is 78.8 cm³/mol. The average Bonchev–Trinajstić information content (AvgIpc) is 2.86. The van der Waals surface area contributed by atoms with E-state index in [0.29, 0.717) is 29.5 Å². The van der Waals surface area contributed by atoms with Crippen LogP contribution in [0.4, 0.5) is 0 Å². The fourth-order valence-electron chi connectivity index (χ4n) is 4.86. The zero-order chi connectivity index (χ0) is 13.7. The van der Waals surface area contributed by atoms with Crippen molar-refractivity contribution >= 4 is 0 Å². The monoisotopic (exact) mass is 261 g/mol.